The van der Waals surface area contributed by atoms with E-state index in [1.54, 1.807) is 11.3 Å². The van der Waals surface area contributed by atoms with Gasteiger partial charge in [-0.1, -0.05) is 30.3 Å². The molecule has 0 unspecified atom stereocenters. The quantitative estimate of drug-likeness (QED) is 0.901. The van der Waals surface area contributed by atoms with Crippen molar-refractivity contribution in [3.63, 3.8) is 0 Å². The average molecular weight is 246 g/mol. The van der Waals surface area contributed by atoms with Crippen molar-refractivity contribution in [1.82, 2.24) is 4.98 Å². The number of aromatic nitrogens is 1. The van der Waals surface area contributed by atoms with Gasteiger partial charge in [0.1, 0.15) is 5.01 Å². The fraction of sp³-hybridized carbons (Fsp3) is 0.308. The second-order valence-electron chi connectivity index (χ2n) is 4.38. The molecule has 3 nitrogen and oxygen atoms in total. The monoisotopic (exact) mass is 246 g/mol. The van der Waals surface area contributed by atoms with Crippen LogP contribution in [0.2, 0.25) is 0 Å². The third-order valence-electron chi connectivity index (χ3n) is 3.17. The molecule has 0 atom stereocenters. The van der Waals surface area contributed by atoms with E-state index in [9.17, 15) is 0 Å². The Bertz CT molecular complexity index is 500. The summed E-state index contributed by atoms with van der Waals surface area (Å²) >= 11 is 1.68. The highest BCUT2D eigenvalue weighted by Crippen LogP contribution is 2.35. The zero-order valence-corrected chi connectivity index (χ0v) is 10.2. The first-order valence-corrected chi connectivity index (χ1v) is 6.51. The lowest BCUT2D eigenvalue weighted by Crippen LogP contribution is -2.52. The first-order valence-electron chi connectivity index (χ1n) is 5.63. The molecule has 0 amide bonds. The van der Waals surface area contributed by atoms with E-state index in [2.05, 4.69) is 17.5 Å². The van der Waals surface area contributed by atoms with Crippen molar-refractivity contribution >= 4 is 11.3 Å². The number of ether oxygens (including phenoxy) is 1. The van der Waals surface area contributed by atoms with Gasteiger partial charge in [0, 0.05) is 17.5 Å². The topological polar surface area (TPSA) is 48.1 Å². The predicted octanol–water partition coefficient (Wildman–Crippen LogP) is 2.04. The van der Waals surface area contributed by atoms with Crippen LogP contribution in [0.4, 0.5) is 0 Å². The van der Waals surface area contributed by atoms with E-state index in [1.807, 2.05) is 18.2 Å². The van der Waals surface area contributed by atoms with Crippen molar-refractivity contribution in [2.24, 2.45) is 5.73 Å². The molecule has 2 N–H and O–H groups in total. The number of thiazole rings is 1. The first kappa shape index (κ1) is 10.9. The van der Waals surface area contributed by atoms with Gasteiger partial charge in [-0.15, -0.1) is 11.3 Å². The van der Waals surface area contributed by atoms with Crippen LogP contribution < -0.4 is 5.73 Å². The van der Waals surface area contributed by atoms with Crippen LogP contribution in [-0.2, 0) is 10.2 Å². The number of rotatable bonds is 3. The maximum atomic E-state index is 5.84. The maximum Gasteiger partial charge on any atom is 0.105 e. The number of hydrogen-bond acceptors (Lipinski definition) is 4. The van der Waals surface area contributed by atoms with Gasteiger partial charge < -0.3 is 10.5 Å². The van der Waals surface area contributed by atoms with E-state index in [1.165, 1.54) is 0 Å². The Morgan fingerprint density at radius 3 is 2.65 bits per heavy atom. The van der Waals surface area contributed by atoms with E-state index in [0.717, 1.165) is 16.3 Å². The summed E-state index contributed by atoms with van der Waals surface area (Å²) in [6.45, 7) is 2.01. The van der Waals surface area contributed by atoms with Gasteiger partial charge in [-0.3, -0.25) is 0 Å². The van der Waals surface area contributed by atoms with E-state index in [0.29, 0.717) is 19.8 Å². The van der Waals surface area contributed by atoms with Crippen molar-refractivity contribution in [3.8, 4) is 11.3 Å². The van der Waals surface area contributed by atoms with Crippen molar-refractivity contribution < 1.29 is 4.74 Å². The molecule has 0 saturated carbocycles. The standard InChI is InChI=1S/C13H14N2OS/c14-7-13(8-16-9-13)12-15-11(6-17-12)10-4-2-1-3-5-10/h1-6H,7-9,14H2. The first-order chi connectivity index (χ1) is 8.34. The lowest BCUT2D eigenvalue weighted by Gasteiger charge is -2.38. The minimum atomic E-state index is -0.0301. The van der Waals surface area contributed by atoms with Crippen molar-refractivity contribution in [3.05, 3.63) is 40.7 Å². The van der Waals surface area contributed by atoms with Crippen LogP contribution in [0.25, 0.3) is 11.3 Å². The molecule has 4 heteroatoms. The predicted molar refractivity (Wildman–Crippen MR) is 69.1 cm³/mol. The number of hydrogen-bond donors (Lipinski definition) is 1. The molecule has 0 aliphatic carbocycles. The lowest BCUT2D eigenvalue weighted by atomic mass is 9.87. The molecule has 1 fully saturated rings. The van der Waals surface area contributed by atoms with Crippen LogP contribution >= 0.6 is 11.3 Å². The van der Waals surface area contributed by atoms with Crippen molar-refractivity contribution in [2.75, 3.05) is 19.8 Å². The zero-order valence-electron chi connectivity index (χ0n) is 9.43. The summed E-state index contributed by atoms with van der Waals surface area (Å²) in [5.74, 6) is 0. The van der Waals surface area contributed by atoms with E-state index >= 15 is 0 Å². The highest BCUT2D eigenvalue weighted by atomic mass is 32.1. The summed E-state index contributed by atoms with van der Waals surface area (Å²) < 4.78 is 5.29. The third kappa shape index (κ3) is 1.78. The fourth-order valence-corrected chi connectivity index (χ4v) is 2.95. The zero-order chi connectivity index (χ0) is 11.7. The van der Waals surface area contributed by atoms with Gasteiger partial charge >= 0.3 is 0 Å². The molecule has 1 aromatic heterocycles. The Kier molecular flexibility index (Phi) is 2.70. The van der Waals surface area contributed by atoms with E-state index in [-0.39, 0.29) is 5.41 Å². The molecule has 2 aromatic rings. The molecular weight excluding hydrogens is 232 g/mol. The molecule has 1 aromatic carbocycles. The minimum Gasteiger partial charge on any atom is -0.379 e. The van der Waals surface area contributed by atoms with Gasteiger partial charge in [-0.05, 0) is 0 Å². The van der Waals surface area contributed by atoms with Gasteiger partial charge in [0.05, 0.1) is 24.3 Å². The Morgan fingerprint density at radius 1 is 1.29 bits per heavy atom. The summed E-state index contributed by atoms with van der Waals surface area (Å²) in [6, 6.07) is 10.2. The Hall–Kier alpha value is -1.23. The maximum absolute atomic E-state index is 5.84. The fourth-order valence-electron chi connectivity index (χ4n) is 1.94. The summed E-state index contributed by atoms with van der Waals surface area (Å²) in [5, 5.41) is 3.20. The molecule has 88 valence electrons. The summed E-state index contributed by atoms with van der Waals surface area (Å²) in [5.41, 5.74) is 7.99. The lowest BCUT2D eigenvalue weighted by molar-refractivity contribution is -0.0550. The summed E-state index contributed by atoms with van der Waals surface area (Å²) in [4.78, 5) is 4.70. The van der Waals surface area contributed by atoms with Gasteiger partial charge in [-0.2, -0.15) is 0 Å². The van der Waals surface area contributed by atoms with E-state index in [4.69, 9.17) is 15.5 Å². The molecule has 0 bridgehead atoms. The number of benzene rings is 1. The SMILES string of the molecule is NCC1(c2nc(-c3ccccc3)cs2)COC1. The van der Waals surface area contributed by atoms with Crippen LogP contribution in [0.3, 0.4) is 0 Å². The largest absolute Gasteiger partial charge is 0.379 e. The Balaban J connectivity index is 1.93. The average Bonchev–Trinajstić information content (AvgIpc) is 2.80. The third-order valence-corrected chi connectivity index (χ3v) is 4.26. The highest BCUT2D eigenvalue weighted by Gasteiger charge is 2.41. The molecule has 0 spiro atoms. The molecule has 1 saturated heterocycles. The minimum absolute atomic E-state index is 0.0301. The van der Waals surface area contributed by atoms with E-state index < -0.39 is 0 Å². The normalized spacial score (nSPS) is 17.7. The second kappa shape index (κ2) is 4.22. The summed E-state index contributed by atoms with van der Waals surface area (Å²) in [7, 11) is 0. The van der Waals surface area contributed by atoms with Crippen LogP contribution in [0.5, 0.6) is 0 Å². The van der Waals surface area contributed by atoms with Crippen molar-refractivity contribution in [1.29, 1.82) is 0 Å². The number of nitrogens with zero attached hydrogens (tertiary/aromatic N) is 1. The molecule has 2 heterocycles. The summed E-state index contributed by atoms with van der Waals surface area (Å²) in [6.07, 6.45) is 0. The molecule has 1 aliphatic rings. The molecule has 0 radical (unpaired) electrons. The molecule has 3 rings (SSSR count). The van der Waals surface area contributed by atoms with Crippen LogP contribution in [0, 0.1) is 0 Å². The van der Waals surface area contributed by atoms with Crippen LogP contribution in [-0.4, -0.2) is 24.7 Å². The molecule has 17 heavy (non-hydrogen) atoms. The number of nitrogens with two attached hydrogens (primary N) is 1. The van der Waals surface area contributed by atoms with Crippen molar-refractivity contribution in [2.45, 2.75) is 5.41 Å². The van der Waals surface area contributed by atoms with Crippen LogP contribution in [0.1, 0.15) is 5.01 Å². The van der Waals surface area contributed by atoms with Gasteiger partial charge in [0.15, 0.2) is 0 Å². The van der Waals surface area contributed by atoms with Gasteiger partial charge in [0.2, 0.25) is 0 Å². The molecular formula is C13H14N2OS. The van der Waals surface area contributed by atoms with Gasteiger partial charge in [-0.25, -0.2) is 4.98 Å². The second-order valence-corrected chi connectivity index (χ2v) is 5.24. The smallest absolute Gasteiger partial charge is 0.105 e. The Morgan fingerprint density at radius 2 is 2.06 bits per heavy atom. The van der Waals surface area contributed by atoms with Gasteiger partial charge in [0.25, 0.3) is 0 Å². The molecule has 1 aliphatic heterocycles. The Labute approximate surface area is 104 Å². The highest BCUT2D eigenvalue weighted by molar-refractivity contribution is 7.10. The van der Waals surface area contributed by atoms with Crippen LogP contribution in [0.15, 0.2) is 35.7 Å².